The van der Waals surface area contributed by atoms with E-state index in [-0.39, 0.29) is 12.4 Å². The Balaban J connectivity index is 0.00000225. The van der Waals surface area contributed by atoms with Crippen LogP contribution in [0.4, 0.5) is 0 Å². The van der Waals surface area contributed by atoms with Crippen molar-refractivity contribution in [1.82, 2.24) is 5.32 Å². The zero-order valence-corrected chi connectivity index (χ0v) is 10.3. The van der Waals surface area contributed by atoms with Gasteiger partial charge in [0.1, 0.15) is 0 Å². The first-order valence-corrected chi connectivity index (χ1v) is 4.67. The van der Waals surface area contributed by atoms with Gasteiger partial charge >= 0.3 is 0 Å². The van der Waals surface area contributed by atoms with Crippen molar-refractivity contribution in [1.29, 1.82) is 0 Å². The second kappa shape index (κ2) is 7.86. The fraction of sp³-hybridized carbons (Fsp3) is 0.333. The number of para-hydroxylation sites is 1. The number of methoxy groups -OCH3 is 2. The summed E-state index contributed by atoms with van der Waals surface area (Å²) in [4.78, 5) is 0. The Morgan fingerprint density at radius 3 is 2.62 bits per heavy atom. The largest absolute Gasteiger partial charge is 0.493 e. The molecule has 0 aliphatic carbocycles. The lowest BCUT2D eigenvalue weighted by Gasteiger charge is -2.12. The van der Waals surface area contributed by atoms with E-state index in [0.29, 0.717) is 13.1 Å². The average Bonchev–Trinajstić information content (AvgIpc) is 2.29. The summed E-state index contributed by atoms with van der Waals surface area (Å²) in [5.74, 6) is 4.01. The summed E-state index contributed by atoms with van der Waals surface area (Å²) in [5, 5.41) is 3.11. The topological polar surface area (TPSA) is 30.5 Å². The Hall–Kier alpha value is -1.37. The van der Waals surface area contributed by atoms with Crippen molar-refractivity contribution in [2.75, 3.05) is 20.8 Å². The molecule has 0 radical (unpaired) electrons. The number of hydrogen-bond acceptors (Lipinski definition) is 3. The normalized spacial score (nSPS) is 8.81. The van der Waals surface area contributed by atoms with Crippen LogP contribution in [-0.4, -0.2) is 20.8 Å². The minimum atomic E-state index is 0. The van der Waals surface area contributed by atoms with E-state index in [1.807, 2.05) is 18.2 Å². The molecule has 4 heteroatoms. The molecule has 1 N–H and O–H groups in total. The van der Waals surface area contributed by atoms with Gasteiger partial charge in [0.25, 0.3) is 0 Å². The number of halogens is 1. The van der Waals surface area contributed by atoms with Crippen LogP contribution in [0.2, 0.25) is 0 Å². The van der Waals surface area contributed by atoms with E-state index in [2.05, 4.69) is 11.2 Å². The molecule has 1 aromatic rings. The van der Waals surface area contributed by atoms with E-state index in [1.165, 1.54) is 0 Å². The number of rotatable bonds is 5. The monoisotopic (exact) mass is 241 g/mol. The Labute approximate surface area is 103 Å². The first-order valence-electron chi connectivity index (χ1n) is 4.67. The minimum absolute atomic E-state index is 0. The number of hydrogen-bond donors (Lipinski definition) is 1. The van der Waals surface area contributed by atoms with Crippen molar-refractivity contribution in [2.45, 2.75) is 6.54 Å². The highest BCUT2D eigenvalue weighted by Gasteiger charge is 2.07. The van der Waals surface area contributed by atoms with Gasteiger partial charge in [-0.2, -0.15) is 0 Å². The summed E-state index contributed by atoms with van der Waals surface area (Å²) in [6.07, 6.45) is 5.15. The van der Waals surface area contributed by atoms with E-state index in [1.54, 1.807) is 14.2 Å². The summed E-state index contributed by atoms with van der Waals surface area (Å²) in [7, 11) is 3.25. The van der Waals surface area contributed by atoms with Gasteiger partial charge in [-0.25, -0.2) is 0 Å². The van der Waals surface area contributed by atoms with Gasteiger partial charge in [-0.15, -0.1) is 18.8 Å². The van der Waals surface area contributed by atoms with Gasteiger partial charge in [0, 0.05) is 12.1 Å². The van der Waals surface area contributed by atoms with Crippen molar-refractivity contribution < 1.29 is 9.47 Å². The number of benzene rings is 1. The van der Waals surface area contributed by atoms with Crippen molar-refractivity contribution in [3.05, 3.63) is 23.8 Å². The maximum absolute atomic E-state index is 5.28. The first-order chi connectivity index (χ1) is 7.33. The number of ether oxygens (including phenoxy) is 2. The van der Waals surface area contributed by atoms with Gasteiger partial charge in [0.05, 0.1) is 20.8 Å². The molecular formula is C12H16ClNO2. The summed E-state index contributed by atoms with van der Waals surface area (Å²) in [6, 6.07) is 5.77. The first kappa shape index (κ1) is 14.6. The van der Waals surface area contributed by atoms with Crippen LogP contribution >= 0.6 is 12.4 Å². The van der Waals surface area contributed by atoms with Gasteiger partial charge in [-0.3, -0.25) is 0 Å². The number of nitrogens with one attached hydrogen (secondary N) is 1. The third-order valence-corrected chi connectivity index (χ3v) is 2.03. The smallest absolute Gasteiger partial charge is 0.165 e. The fourth-order valence-corrected chi connectivity index (χ4v) is 1.36. The van der Waals surface area contributed by atoms with Gasteiger partial charge in [-0.1, -0.05) is 18.1 Å². The molecule has 1 aromatic carbocycles. The maximum Gasteiger partial charge on any atom is 0.165 e. The molecule has 0 unspecified atom stereocenters. The lowest BCUT2D eigenvalue weighted by atomic mass is 10.2. The molecule has 16 heavy (non-hydrogen) atoms. The summed E-state index contributed by atoms with van der Waals surface area (Å²) in [6.45, 7) is 1.21. The van der Waals surface area contributed by atoms with Gasteiger partial charge in [0.15, 0.2) is 11.5 Å². The second-order valence-corrected chi connectivity index (χ2v) is 2.96. The zero-order valence-electron chi connectivity index (χ0n) is 9.45. The molecule has 0 fully saturated rings. The second-order valence-electron chi connectivity index (χ2n) is 2.96. The predicted molar refractivity (Wildman–Crippen MR) is 67.3 cm³/mol. The van der Waals surface area contributed by atoms with Crippen LogP contribution in [0.1, 0.15) is 5.56 Å². The molecule has 0 saturated heterocycles. The molecule has 3 nitrogen and oxygen atoms in total. The number of terminal acetylenes is 1. The van der Waals surface area contributed by atoms with Crippen molar-refractivity contribution >= 4 is 12.4 Å². The Morgan fingerprint density at radius 2 is 2.06 bits per heavy atom. The van der Waals surface area contributed by atoms with Crippen LogP contribution in [0.15, 0.2) is 18.2 Å². The van der Waals surface area contributed by atoms with Gasteiger partial charge < -0.3 is 14.8 Å². The van der Waals surface area contributed by atoms with Crippen LogP contribution in [0.25, 0.3) is 0 Å². The predicted octanol–water partition coefficient (Wildman–Crippen LogP) is 1.85. The molecule has 0 aliphatic heterocycles. The Kier molecular flexibility index (Phi) is 7.19. The van der Waals surface area contributed by atoms with Crippen LogP contribution in [0.3, 0.4) is 0 Å². The molecule has 0 atom stereocenters. The summed E-state index contributed by atoms with van der Waals surface area (Å²) < 4.78 is 10.5. The lowest BCUT2D eigenvalue weighted by molar-refractivity contribution is 0.351. The summed E-state index contributed by atoms with van der Waals surface area (Å²) >= 11 is 0. The quantitative estimate of drug-likeness (QED) is 0.631. The van der Waals surface area contributed by atoms with E-state index < -0.39 is 0 Å². The van der Waals surface area contributed by atoms with E-state index in [9.17, 15) is 0 Å². The van der Waals surface area contributed by atoms with E-state index in [0.717, 1.165) is 17.1 Å². The third-order valence-electron chi connectivity index (χ3n) is 2.03. The molecule has 0 heterocycles. The molecule has 0 saturated carbocycles. The third kappa shape index (κ3) is 3.65. The molecule has 0 spiro atoms. The lowest BCUT2D eigenvalue weighted by Crippen LogP contribution is -2.13. The molecule has 0 aromatic heterocycles. The zero-order chi connectivity index (χ0) is 11.1. The van der Waals surface area contributed by atoms with Gasteiger partial charge in [-0.05, 0) is 6.07 Å². The van der Waals surface area contributed by atoms with Crippen LogP contribution < -0.4 is 14.8 Å². The SMILES string of the molecule is C#CCNCc1cccc(OC)c1OC.Cl. The Morgan fingerprint density at radius 1 is 1.31 bits per heavy atom. The molecule has 0 bridgehead atoms. The highest BCUT2D eigenvalue weighted by atomic mass is 35.5. The minimum Gasteiger partial charge on any atom is -0.493 e. The fourth-order valence-electron chi connectivity index (χ4n) is 1.36. The van der Waals surface area contributed by atoms with Crippen LogP contribution in [-0.2, 0) is 6.54 Å². The van der Waals surface area contributed by atoms with E-state index in [4.69, 9.17) is 15.9 Å². The van der Waals surface area contributed by atoms with Crippen LogP contribution in [0, 0.1) is 12.3 Å². The average molecular weight is 242 g/mol. The van der Waals surface area contributed by atoms with Crippen LogP contribution in [0.5, 0.6) is 11.5 Å². The molecule has 88 valence electrons. The molecular weight excluding hydrogens is 226 g/mol. The molecule has 0 aliphatic rings. The highest BCUT2D eigenvalue weighted by Crippen LogP contribution is 2.30. The van der Waals surface area contributed by atoms with E-state index >= 15 is 0 Å². The molecule has 0 amide bonds. The standard InChI is InChI=1S/C12H15NO2.ClH/c1-4-8-13-9-10-6-5-7-11(14-2)12(10)15-3;/h1,5-7,13H,8-9H2,2-3H3;1H. The molecule has 1 rings (SSSR count). The van der Waals surface area contributed by atoms with Crippen molar-refractivity contribution in [3.8, 4) is 23.8 Å². The van der Waals surface area contributed by atoms with Crippen molar-refractivity contribution in [2.24, 2.45) is 0 Å². The Bertz CT molecular complexity index is 361. The maximum atomic E-state index is 5.28. The summed E-state index contributed by atoms with van der Waals surface area (Å²) in [5.41, 5.74) is 1.03. The van der Waals surface area contributed by atoms with Gasteiger partial charge in [0.2, 0.25) is 0 Å². The van der Waals surface area contributed by atoms with Crippen molar-refractivity contribution in [3.63, 3.8) is 0 Å². The highest BCUT2D eigenvalue weighted by molar-refractivity contribution is 5.85.